The van der Waals surface area contributed by atoms with Gasteiger partial charge in [-0.25, -0.2) is 0 Å². The highest BCUT2D eigenvalue weighted by molar-refractivity contribution is 5.59. The monoisotopic (exact) mass is 632 g/mol. The first kappa shape index (κ1) is 32.3. The van der Waals surface area contributed by atoms with Gasteiger partial charge in [-0.1, -0.05) is 0 Å². The Balaban J connectivity index is 1.73. The number of aryl methyl sites for hydroxylation is 4. The van der Waals surface area contributed by atoms with Crippen LogP contribution in [0, 0.1) is 0 Å². The van der Waals surface area contributed by atoms with Gasteiger partial charge >= 0.3 is 0 Å². The van der Waals surface area contributed by atoms with Crippen molar-refractivity contribution in [3.05, 3.63) is 70.8 Å². The summed E-state index contributed by atoms with van der Waals surface area (Å²) in [5, 5.41) is 0. The molecule has 0 aromatic heterocycles. The van der Waals surface area contributed by atoms with Gasteiger partial charge in [-0.3, -0.25) is 0 Å². The number of hydrogen-bond acceptors (Lipinski definition) is 10. The van der Waals surface area contributed by atoms with Crippen molar-refractivity contribution in [3.8, 4) is 69.0 Å². The maximum atomic E-state index is 6.52. The maximum absolute atomic E-state index is 6.52. The van der Waals surface area contributed by atoms with Crippen LogP contribution in [0.4, 0.5) is 0 Å². The molecule has 1 aliphatic heterocycles. The summed E-state index contributed by atoms with van der Waals surface area (Å²) >= 11 is 0. The molecular weight excluding hydrogens is 592 g/mol. The molecule has 0 atom stereocenters. The van der Waals surface area contributed by atoms with Crippen LogP contribution in [0.2, 0.25) is 0 Å². The van der Waals surface area contributed by atoms with Crippen LogP contribution in [-0.2, 0) is 25.7 Å². The Kier molecular flexibility index (Phi) is 10.0. The van der Waals surface area contributed by atoms with E-state index in [2.05, 4.69) is 0 Å². The van der Waals surface area contributed by atoms with E-state index < -0.39 is 0 Å². The summed E-state index contributed by atoms with van der Waals surface area (Å²) in [5.41, 5.74) is 3.64. The third-order valence-corrected chi connectivity index (χ3v) is 8.03. The van der Waals surface area contributed by atoms with Gasteiger partial charge in [-0.15, -0.1) is 0 Å². The van der Waals surface area contributed by atoms with E-state index in [4.69, 9.17) is 47.4 Å². The lowest BCUT2D eigenvalue weighted by Gasteiger charge is -2.20. The predicted octanol–water partition coefficient (Wildman–Crippen LogP) is 7.22. The normalized spacial score (nSPS) is 12.3. The second-order valence-corrected chi connectivity index (χ2v) is 10.5. The molecule has 10 nitrogen and oxygen atoms in total. The highest BCUT2D eigenvalue weighted by Crippen LogP contribution is 2.46. The molecule has 0 fully saturated rings. The van der Waals surface area contributed by atoms with Crippen molar-refractivity contribution in [1.82, 2.24) is 0 Å². The highest BCUT2D eigenvalue weighted by atomic mass is 16.5. The fourth-order valence-electron chi connectivity index (χ4n) is 5.61. The molecular formula is C36H40O10. The average Bonchev–Trinajstić information content (AvgIpc) is 3.09. The van der Waals surface area contributed by atoms with Gasteiger partial charge in [0, 0.05) is 24.3 Å². The molecule has 4 aromatic rings. The van der Waals surface area contributed by atoms with Crippen molar-refractivity contribution >= 4 is 0 Å². The van der Waals surface area contributed by atoms with Gasteiger partial charge in [0.15, 0.2) is 46.0 Å². The van der Waals surface area contributed by atoms with Crippen LogP contribution in [0.3, 0.4) is 0 Å². The lowest BCUT2D eigenvalue weighted by molar-refractivity contribution is 0.345. The Morgan fingerprint density at radius 1 is 0.304 bits per heavy atom. The largest absolute Gasteiger partial charge is 0.496 e. The molecule has 0 unspecified atom stereocenters. The molecule has 4 aromatic carbocycles. The molecule has 0 N–H and O–H groups in total. The number of rotatable bonds is 8. The van der Waals surface area contributed by atoms with Crippen LogP contribution in [0.5, 0.6) is 69.0 Å². The first-order valence-corrected chi connectivity index (χ1v) is 14.7. The molecule has 244 valence electrons. The quantitative estimate of drug-likeness (QED) is 0.198. The summed E-state index contributed by atoms with van der Waals surface area (Å²) in [7, 11) is 12.9. The SMILES string of the molecule is COc1cc(OC)c2cc1CCc1cc(c(OC)cc1OC)Oc1cc(c(OC)cc1OC)CCc1cc(c(OC)cc1OC)O2. The number of ether oxygens (including phenoxy) is 10. The first-order chi connectivity index (χ1) is 22.4. The second-order valence-electron chi connectivity index (χ2n) is 10.5. The molecule has 0 amide bonds. The molecule has 0 saturated carbocycles. The van der Waals surface area contributed by atoms with Gasteiger partial charge in [0.1, 0.15) is 23.0 Å². The minimum atomic E-state index is 0.515. The van der Waals surface area contributed by atoms with Crippen molar-refractivity contribution in [2.45, 2.75) is 25.7 Å². The Hall–Kier alpha value is -5.12. The van der Waals surface area contributed by atoms with Crippen LogP contribution in [0.1, 0.15) is 22.3 Å². The molecule has 8 bridgehead atoms. The minimum absolute atomic E-state index is 0.515. The Morgan fingerprint density at radius 2 is 0.500 bits per heavy atom. The third kappa shape index (κ3) is 6.47. The zero-order valence-electron chi connectivity index (χ0n) is 27.5. The van der Waals surface area contributed by atoms with Crippen molar-refractivity contribution in [3.63, 3.8) is 0 Å². The van der Waals surface area contributed by atoms with E-state index in [0.29, 0.717) is 94.7 Å². The summed E-state index contributed by atoms with van der Waals surface area (Å²) in [6.45, 7) is 0. The Bertz CT molecular complexity index is 1450. The number of benzene rings is 4. The van der Waals surface area contributed by atoms with E-state index in [-0.39, 0.29) is 0 Å². The molecule has 10 heteroatoms. The minimum Gasteiger partial charge on any atom is -0.496 e. The maximum Gasteiger partial charge on any atom is 0.170 e. The number of fused-ring (bicyclic) bond motifs is 8. The van der Waals surface area contributed by atoms with E-state index >= 15 is 0 Å². The zero-order valence-corrected chi connectivity index (χ0v) is 27.5. The lowest BCUT2D eigenvalue weighted by Crippen LogP contribution is -2.04. The Labute approximate surface area is 269 Å². The summed E-state index contributed by atoms with van der Waals surface area (Å²) in [6, 6.07) is 15.0. The van der Waals surface area contributed by atoms with Crippen LogP contribution in [0.15, 0.2) is 48.5 Å². The molecule has 0 aliphatic carbocycles. The van der Waals surface area contributed by atoms with E-state index in [1.54, 1.807) is 56.9 Å². The van der Waals surface area contributed by atoms with E-state index in [1.807, 2.05) is 48.5 Å². The highest BCUT2D eigenvalue weighted by Gasteiger charge is 2.22. The molecule has 0 radical (unpaired) electrons. The molecule has 0 spiro atoms. The number of methoxy groups -OCH3 is 8. The van der Waals surface area contributed by atoms with E-state index in [1.165, 1.54) is 0 Å². The lowest BCUT2D eigenvalue weighted by atomic mass is 10.0. The van der Waals surface area contributed by atoms with Gasteiger partial charge < -0.3 is 47.4 Å². The molecule has 46 heavy (non-hydrogen) atoms. The van der Waals surface area contributed by atoms with Gasteiger partial charge in [0.05, 0.1) is 56.9 Å². The molecule has 0 saturated heterocycles. The van der Waals surface area contributed by atoms with Crippen molar-refractivity contribution in [2.75, 3.05) is 56.9 Å². The Morgan fingerprint density at radius 3 is 0.674 bits per heavy atom. The summed E-state index contributed by atoms with van der Waals surface area (Å²) in [4.78, 5) is 0. The van der Waals surface area contributed by atoms with Crippen LogP contribution >= 0.6 is 0 Å². The zero-order chi connectivity index (χ0) is 32.8. The van der Waals surface area contributed by atoms with Crippen molar-refractivity contribution in [1.29, 1.82) is 0 Å². The van der Waals surface area contributed by atoms with Gasteiger partial charge in [-0.2, -0.15) is 0 Å². The summed E-state index contributed by atoms with van der Waals surface area (Å²) in [6.07, 6.45) is 2.36. The van der Waals surface area contributed by atoms with Gasteiger partial charge in [0.2, 0.25) is 0 Å². The smallest absolute Gasteiger partial charge is 0.170 e. The average molecular weight is 633 g/mol. The van der Waals surface area contributed by atoms with Crippen molar-refractivity contribution < 1.29 is 47.4 Å². The fourth-order valence-corrected chi connectivity index (χ4v) is 5.61. The first-order valence-electron chi connectivity index (χ1n) is 14.7. The summed E-state index contributed by atoms with van der Waals surface area (Å²) in [5.74, 6) is 6.79. The molecule has 1 aliphatic rings. The third-order valence-electron chi connectivity index (χ3n) is 8.03. The van der Waals surface area contributed by atoms with Crippen LogP contribution in [-0.4, -0.2) is 56.9 Å². The standard InChI is InChI=1S/C36H40O10/c1-37-25-17-29(41-5)33-13-21(25)9-10-22-14-35(31(43-7)18-26(22)38-2)46-36-16-24(28(40-4)20-32(36)44-8)12-11-23-15-34(45-33)30(42-6)19-27(23)39-3/h13-20H,9-12H2,1-8H3. The van der Waals surface area contributed by atoms with E-state index in [9.17, 15) is 0 Å². The topological polar surface area (TPSA) is 92.3 Å². The molecule has 5 rings (SSSR count). The van der Waals surface area contributed by atoms with Crippen molar-refractivity contribution in [2.24, 2.45) is 0 Å². The number of hydrogen-bond donors (Lipinski definition) is 0. The van der Waals surface area contributed by atoms with Gasteiger partial charge in [0.25, 0.3) is 0 Å². The molecule has 1 heterocycles. The fraction of sp³-hybridized carbons (Fsp3) is 0.333. The van der Waals surface area contributed by atoms with E-state index in [0.717, 1.165) is 22.3 Å². The van der Waals surface area contributed by atoms with Crippen LogP contribution in [0.25, 0.3) is 0 Å². The van der Waals surface area contributed by atoms with Gasteiger partial charge in [-0.05, 0) is 72.2 Å². The van der Waals surface area contributed by atoms with Crippen LogP contribution < -0.4 is 47.4 Å². The predicted molar refractivity (Wildman–Crippen MR) is 173 cm³/mol. The second kappa shape index (κ2) is 14.3. The summed E-state index contributed by atoms with van der Waals surface area (Å²) < 4.78 is 59.0.